The van der Waals surface area contributed by atoms with Crippen LogP contribution >= 0.6 is 11.6 Å². The Morgan fingerprint density at radius 1 is 1.28 bits per heavy atom. The van der Waals surface area contributed by atoms with E-state index in [1.165, 1.54) is 4.90 Å². The summed E-state index contributed by atoms with van der Waals surface area (Å²) in [5.74, 6) is 1.07. The molecule has 1 aromatic carbocycles. The van der Waals surface area contributed by atoms with Gasteiger partial charge in [0, 0.05) is 28.6 Å². The predicted octanol–water partition coefficient (Wildman–Crippen LogP) is 4.52. The molecule has 0 saturated heterocycles. The van der Waals surface area contributed by atoms with E-state index < -0.39 is 11.6 Å². The fourth-order valence-corrected chi connectivity index (χ4v) is 3.72. The van der Waals surface area contributed by atoms with Gasteiger partial charge in [-0.1, -0.05) is 29.8 Å². The third kappa shape index (κ3) is 4.83. The molecule has 0 radical (unpaired) electrons. The van der Waals surface area contributed by atoms with Gasteiger partial charge in [-0.2, -0.15) is 5.21 Å². The van der Waals surface area contributed by atoms with E-state index in [1.807, 2.05) is 51.1 Å². The van der Waals surface area contributed by atoms with Gasteiger partial charge in [0.2, 0.25) is 5.82 Å². The van der Waals surface area contributed by atoms with Crippen molar-refractivity contribution in [2.45, 2.75) is 39.2 Å². The summed E-state index contributed by atoms with van der Waals surface area (Å²) in [6, 6.07) is 9.45. The second-order valence-electron chi connectivity index (χ2n) is 9.15. The molecule has 1 aliphatic rings. The van der Waals surface area contributed by atoms with Crippen LogP contribution in [0.15, 0.2) is 36.5 Å². The molecule has 10 heteroatoms. The number of rotatable bonds is 7. The van der Waals surface area contributed by atoms with Crippen LogP contribution in [0.3, 0.4) is 0 Å². The van der Waals surface area contributed by atoms with Crippen molar-refractivity contribution >= 4 is 17.7 Å². The number of amides is 1. The summed E-state index contributed by atoms with van der Waals surface area (Å²) >= 11 is 6.38. The number of carbonyl (C=O) groups is 1. The largest absolute Gasteiger partial charge is 0.491 e. The molecular weight excluding hydrogens is 432 g/mol. The summed E-state index contributed by atoms with van der Waals surface area (Å²) in [7, 11) is 0. The number of pyridine rings is 1. The van der Waals surface area contributed by atoms with Gasteiger partial charge >= 0.3 is 6.09 Å². The van der Waals surface area contributed by atoms with Gasteiger partial charge in [-0.15, -0.1) is 10.2 Å². The molecule has 0 unspecified atom stereocenters. The highest BCUT2D eigenvalue weighted by molar-refractivity contribution is 6.32. The van der Waals surface area contributed by atoms with Gasteiger partial charge in [0.05, 0.1) is 12.8 Å². The Bertz CT molecular complexity index is 1110. The van der Waals surface area contributed by atoms with Crippen LogP contribution in [-0.2, 0) is 0 Å². The lowest BCUT2D eigenvalue weighted by atomic mass is 10.0. The number of benzene rings is 1. The molecule has 2 heterocycles. The van der Waals surface area contributed by atoms with Crippen molar-refractivity contribution in [3.8, 4) is 28.3 Å². The van der Waals surface area contributed by atoms with Crippen molar-refractivity contribution in [3.05, 3.63) is 41.7 Å². The Balaban J connectivity index is 1.51. The topological polar surface area (TPSA) is 117 Å². The Labute approximate surface area is 190 Å². The van der Waals surface area contributed by atoms with Gasteiger partial charge in [-0.3, -0.25) is 0 Å². The molecule has 4 rings (SSSR count). The molecule has 0 atom stereocenters. The number of H-pyrrole nitrogens is 1. The highest BCUT2D eigenvalue weighted by Crippen LogP contribution is 2.47. The van der Waals surface area contributed by atoms with Crippen LogP contribution in [-0.4, -0.2) is 60.4 Å². The van der Waals surface area contributed by atoms with Gasteiger partial charge in [-0.25, -0.2) is 9.78 Å². The van der Waals surface area contributed by atoms with Crippen molar-refractivity contribution < 1.29 is 14.6 Å². The van der Waals surface area contributed by atoms with Gasteiger partial charge in [-0.05, 0) is 56.5 Å². The van der Waals surface area contributed by atoms with Crippen LogP contribution < -0.4 is 4.74 Å². The summed E-state index contributed by atoms with van der Waals surface area (Å²) < 4.78 is 6.07. The first-order valence-electron chi connectivity index (χ1n) is 10.3. The summed E-state index contributed by atoms with van der Waals surface area (Å²) in [6.45, 7) is 6.55. The lowest BCUT2D eigenvalue weighted by molar-refractivity contribution is 0.0746. The highest BCUT2D eigenvalue weighted by Gasteiger charge is 2.47. The maximum Gasteiger partial charge on any atom is 0.407 e. The minimum absolute atomic E-state index is 0.177. The summed E-state index contributed by atoms with van der Waals surface area (Å²) in [4.78, 5) is 17.5. The maximum atomic E-state index is 11.7. The first kappa shape index (κ1) is 22.0. The number of nitrogens with one attached hydrogen (secondary N) is 1. The second kappa shape index (κ2) is 8.38. The maximum absolute atomic E-state index is 11.7. The average molecular weight is 457 g/mol. The Kier molecular flexibility index (Phi) is 5.77. The molecule has 0 aliphatic heterocycles. The van der Waals surface area contributed by atoms with Crippen LogP contribution in [0.5, 0.6) is 5.75 Å². The van der Waals surface area contributed by atoms with Crippen LogP contribution in [0.2, 0.25) is 5.15 Å². The average Bonchev–Trinajstić information content (AvgIpc) is 3.29. The van der Waals surface area contributed by atoms with E-state index in [-0.39, 0.29) is 5.41 Å². The van der Waals surface area contributed by atoms with Gasteiger partial charge in [0.25, 0.3) is 0 Å². The van der Waals surface area contributed by atoms with Crippen molar-refractivity contribution in [2.75, 3.05) is 13.2 Å². The smallest absolute Gasteiger partial charge is 0.407 e. The monoisotopic (exact) mass is 456 g/mol. The molecule has 2 aromatic heterocycles. The zero-order valence-electron chi connectivity index (χ0n) is 18.2. The fraction of sp³-hybridized carbons (Fsp3) is 0.409. The number of carboxylic acid groups (broad SMARTS) is 1. The van der Waals surface area contributed by atoms with E-state index in [1.54, 1.807) is 6.20 Å². The van der Waals surface area contributed by atoms with E-state index >= 15 is 0 Å². The lowest BCUT2D eigenvalue weighted by Crippen LogP contribution is -2.48. The van der Waals surface area contributed by atoms with E-state index in [0.29, 0.717) is 29.9 Å². The minimum atomic E-state index is -0.916. The lowest BCUT2D eigenvalue weighted by Gasteiger charge is -2.36. The van der Waals surface area contributed by atoms with E-state index in [9.17, 15) is 9.90 Å². The number of nitrogens with zero attached hydrogens (tertiary/aromatic N) is 5. The second-order valence-corrected chi connectivity index (χ2v) is 9.51. The summed E-state index contributed by atoms with van der Waals surface area (Å²) in [6.07, 6.45) is 2.52. The Hall–Kier alpha value is -3.20. The molecule has 1 amide bonds. The molecule has 1 fully saturated rings. The number of hydrogen-bond acceptors (Lipinski definition) is 6. The highest BCUT2D eigenvalue weighted by atomic mass is 35.5. The number of hydrogen-bond donors (Lipinski definition) is 2. The normalized spacial score (nSPS) is 14.8. The number of halogens is 1. The predicted molar refractivity (Wildman–Crippen MR) is 120 cm³/mol. The van der Waals surface area contributed by atoms with E-state index in [4.69, 9.17) is 16.3 Å². The third-order valence-corrected chi connectivity index (χ3v) is 5.93. The quantitative estimate of drug-likeness (QED) is 0.502. The Morgan fingerprint density at radius 3 is 2.66 bits per heavy atom. The van der Waals surface area contributed by atoms with E-state index in [0.717, 1.165) is 29.5 Å². The minimum Gasteiger partial charge on any atom is -0.491 e. The molecule has 3 aromatic rings. The third-order valence-electron chi connectivity index (χ3n) is 5.63. The fourth-order valence-electron chi connectivity index (χ4n) is 3.51. The van der Waals surface area contributed by atoms with Gasteiger partial charge < -0.3 is 14.7 Å². The molecule has 0 bridgehead atoms. The molecule has 0 spiro atoms. The van der Waals surface area contributed by atoms with Crippen LogP contribution in [0.25, 0.3) is 22.5 Å². The molecule has 32 heavy (non-hydrogen) atoms. The van der Waals surface area contributed by atoms with Crippen LogP contribution in [0.1, 0.15) is 33.6 Å². The van der Waals surface area contributed by atoms with Crippen LogP contribution in [0.4, 0.5) is 4.79 Å². The van der Waals surface area contributed by atoms with Crippen LogP contribution in [0, 0.1) is 5.41 Å². The van der Waals surface area contributed by atoms with Crippen molar-refractivity contribution in [1.82, 2.24) is 30.5 Å². The Morgan fingerprint density at radius 2 is 2.03 bits per heavy atom. The summed E-state index contributed by atoms with van der Waals surface area (Å²) in [5.41, 5.74) is 1.72. The molecule has 1 aliphatic carbocycles. The molecule has 1 saturated carbocycles. The van der Waals surface area contributed by atoms with E-state index in [2.05, 4.69) is 25.6 Å². The van der Waals surface area contributed by atoms with Crippen molar-refractivity contribution in [1.29, 1.82) is 0 Å². The summed E-state index contributed by atoms with van der Waals surface area (Å²) in [5, 5.41) is 24.0. The number of aromatic nitrogens is 5. The number of ether oxygens (including phenoxy) is 1. The zero-order valence-corrected chi connectivity index (χ0v) is 18.9. The molecule has 168 valence electrons. The first-order chi connectivity index (χ1) is 15.2. The molecule has 9 nitrogen and oxygen atoms in total. The standard InChI is InChI=1S/C22H25ClN6O3/c1-21(2,3)29(20(30)31)12-22(7-8-22)13-32-16-10-17(18(23)24-11-16)14-5-4-6-15(9-14)19-25-27-28-26-19/h4-6,9-11H,7-8,12-13H2,1-3H3,(H,30,31)(H,25,26,27,28). The number of aromatic amines is 1. The van der Waals surface area contributed by atoms with Crippen molar-refractivity contribution in [2.24, 2.45) is 5.41 Å². The van der Waals surface area contributed by atoms with Gasteiger partial charge in [0.15, 0.2) is 0 Å². The van der Waals surface area contributed by atoms with Crippen molar-refractivity contribution in [3.63, 3.8) is 0 Å². The number of tetrazole rings is 1. The molecular formula is C22H25ClN6O3. The SMILES string of the molecule is CC(C)(C)N(CC1(COc2cnc(Cl)c(-c3cccc(-c4nn[nH]n4)c3)c2)CC1)C(=O)O. The molecule has 2 N–H and O–H groups in total. The first-order valence-corrected chi connectivity index (χ1v) is 10.7. The van der Waals surface area contributed by atoms with Gasteiger partial charge in [0.1, 0.15) is 10.9 Å². The zero-order chi connectivity index (χ0) is 22.9.